The Morgan fingerprint density at radius 1 is 1.15 bits per heavy atom. The monoisotopic (exact) mass is 372 g/mol. The normalized spacial score (nSPS) is 20.3. The van der Waals surface area contributed by atoms with Gasteiger partial charge in [0.05, 0.1) is 19.1 Å². The van der Waals surface area contributed by atoms with Crippen molar-refractivity contribution in [2.24, 2.45) is 5.92 Å². The van der Waals surface area contributed by atoms with Crippen LogP contribution in [-0.2, 0) is 9.53 Å². The first kappa shape index (κ1) is 20.3. The van der Waals surface area contributed by atoms with E-state index in [-0.39, 0.29) is 5.92 Å². The molecule has 1 saturated carbocycles. The smallest absolute Gasteiger partial charge is 0.230 e. The zero-order valence-corrected chi connectivity index (χ0v) is 16.9. The molecular weight excluding hydrogens is 336 g/mol. The number of nitrogens with zero attached hydrogens (tertiary/aromatic N) is 2. The Kier molecular flexibility index (Phi) is 8.15. The molecule has 1 amide bonds. The summed E-state index contributed by atoms with van der Waals surface area (Å²) in [5.41, 5.74) is 1.21. The second-order valence-electron chi connectivity index (χ2n) is 8.01. The number of rotatable bonds is 8. The Bertz CT molecular complexity index is 551. The van der Waals surface area contributed by atoms with Crippen LogP contribution in [0.1, 0.15) is 56.9 Å². The third-order valence-electron chi connectivity index (χ3n) is 6.25. The van der Waals surface area contributed by atoms with Crippen molar-refractivity contribution < 1.29 is 9.53 Å². The Balaban J connectivity index is 1.63. The van der Waals surface area contributed by atoms with E-state index in [1.54, 1.807) is 0 Å². The Hall–Kier alpha value is -1.39. The van der Waals surface area contributed by atoms with Crippen molar-refractivity contribution in [3.63, 3.8) is 0 Å². The van der Waals surface area contributed by atoms with Gasteiger partial charge in [0.1, 0.15) is 0 Å². The fourth-order valence-corrected chi connectivity index (χ4v) is 4.68. The quantitative estimate of drug-likeness (QED) is 0.693. The number of amides is 1. The molecule has 2 aliphatic rings. The van der Waals surface area contributed by atoms with Gasteiger partial charge in [0, 0.05) is 32.7 Å². The average Bonchev–Trinajstić information content (AvgIpc) is 2.74. The van der Waals surface area contributed by atoms with Crippen LogP contribution in [-0.4, -0.2) is 61.6 Å². The van der Waals surface area contributed by atoms with Crippen LogP contribution in [0.4, 0.5) is 0 Å². The lowest BCUT2D eigenvalue weighted by Gasteiger charge is -2.34. The lowest BCUT2D eigenvalue weighted by molar-refractivity contribution is -0.134. The number of carbonyl (C=O) groups excluding carboxylic acids is 1. The van der Waals surface area contributed by atoms with Crippen molar-refractivity contribution in [3.05, 3.63) is 35.9 Å². The molecule has 3 rings (SSSR count). The van der Waals surface area contributed by atoms with E-state index in [2.05, 4.69) is 41.0 Å². The summed E-state index contributed by atoms with van der Waals surface area (Å²) in [5.74, 6) is 0.884. The highest BCUT2D eigenvalue weighted by Crippen LogP contribution is 2.37. The molecule has 1 aromatic carbocycles. The Labute approximate surface area is 164 Å². The summed E-state index contributed by atoms with van der Waals surface area (Å²) in [7, 11) is 0. The van der Waals surface area contributed by atoms with Crippen LogP contribution < -0.4 is 0 Å². The molecule has 0 bridgehead atoms. The summed E-state index contributed by atoms with van der Waals surface area (Å²) in [6.07, 6.45) is 7.29. The molecule has 2 fully saturated rings. The average molecular weight is 373 g/mol. The minimum Gasteiger partial charge on any atom is -0.379 e. The minimum absolute atomic E-state index is 0.0369. The van der Waals surface area contributed by atoms with Crippen LogP contribution >= 0.6 is 0 Å². The molecule has 4 heteroatoms. The molecule has 150 valence electrons. The summed E-state index contributed by atoms with van der Waals surface area (Å²) >= 11 is 0. The van der Waals surface area contributed by atoms with E-state index >= 15 is 0 Å². The van der Waals surface area contributed by atoms with Gasteiger partial charge in [0.25, 0.3) is 0 Å². The molecule has 0 radical (unpaired) electrons. The van der Waals surface area contributed by atoms with E-state index in [9.17, 15) is 4.79 Å². The van der Waals surface area contributed by atoms with Crippen LogP contribution in [0, 0.1) is 5.92 Å². The van der Waals surface area contributed by atoms with Gasteiger partial charge in [-0.1, -0.05) is 49.6 Å². The topological polar surface area (TPSA) is 32.8 Å². The Morgan fingerprint density at radius 3 is 2.52 bits per heavy atom. The standard InChI is InChI=1S/C23H36N2O2/c1-2-25(15-9-14-24-16-18-27-19-17-24)23(26)22(20-10-5-3-6-11-20)21-12-7-4-8-13-21/h3,5-6,10-11,21-22H,2,4,7-9,12-19H2,1H3. The summed E-state index contributed by atoms with van der Waals surface area (Å²) in [6, 6.07) is 10.5. The number of ether oxygens (including phenoxy) is 1. The highest BCUT2D eigenvalue weighted by molar-refractivity contribution is 5.84. The molecule has 1 aromatic rings. The fraction of sp³-hybridized carbons (Fsp3) is 0.696. The van der Waals surface area contributed by atoms with Crippen molar-refractivity contribution in [1.29, 1.82) is 0 Å². The van der Waals surface area contributed by atoms with Gasteiger partial charge in [-0.05, 0) is 37.7 Å². The molecule has 4 nitrogen and oxygen atoms in total. The van der Waals surface area contributed by atoms with Gasteiger partial charge in [-0.3, -0.25) is 9.69 Å². The van der Waals surface area contributed by atoms with Crippen LogP contribution in [0.2, 0.25) is 0 Å². The molecule has 1 heterocycles. The molecule has 1 atom stereocenters. The van der Waals surface area contributed by atoms with E-state index in [1.165, 1.54) is 37.7 Å². The van der Waals surface area contributed by atoms with E-state index in [1.807, 2.05) is 6.07 Å². The molecule has 0 N–H and O–H groups in total. The molecule has 1 unspecified atom stereocenters. The van der Waals surface area contributed by atoms with Crippen molar-refractivity contribution in [1.82, 2.24) is 9.80 Å². The minimum atomic E-state index is 0.0369. The second-order valence-corrected chi connectivity index (χ2v) is 8.01. The highest BCUT2D eigenvalue weighted by Gasteiger charge is 2.33. The number of morpholine rings is 1. The lowest BCUT2D eigenvalue weighted by Crippen LogP contribution is -2.41. The molecule has 0 spiro atoms. The van der Waals surface area contributed by atoms with Crippen molar-refractivity contribution in [2.45, 2.75) is 51.4 Å². The summed E-state index contributed by atoms with van der Waals surface area (Å²) in [4.78, 5) is 18.1. The van der Waals surface area contributed by atoms with Gasteiger partial charge in [-0.15, -0.1) is 0 Å². The lowest BCUT2D eigenvalue weighted by atomic mass is 9.76. The fourth-order valence-electron chi connectivity index (χ4n) is 4.68. The number of hydrogen-bond acceptors (Lipinski definition) is 3. The van der Waals surface area contributed by atoms with Gasteiger partial charge in [0.15, 0.2) is 0 Å². The van der Waals surface area contributed by atoms with Crippen LogP contribution in [0.15, 0.2) is 30.3 Å². The second kappa shape index (κ2) is 10.8. The predicted molar refractivity (Wildman–Crippen MR) is 110 cm³/mol. The van der Waals surface area contributed by atoms with E-state index in [0.717, 1.165) is 52.4 Å². The first-order valence-corrected chi connectivity index (χ1v) is 10.9. The maximum Gasteiger partial charge on any atom is 0.230 e. The number of benzene rings is 1. The molecule has 1 aliphatic carbocycles. The first-order valence-electron chi connectivity index (χ1n) is 10.9. The van der Waals surface area contributed by atoms with E-state index in [4.69, 9.17) is 4.74 Å². The predicted octanol–water partition coefficient (Wildman–Crippen LogP) is 3.92. The summed E-state index contributed by atoms with van der Waals surface area (Å²) in [5, 5.41) is 0. The van der Waals surface area contributed by atoms with Gasteiger partial charge in [0.2, 0.25) is 5.91 Å². The molecule has 1 saturated heterocycles. The van der Waals surface area contributed by atoms with E-state index in [0.29, 0.717) is 11.8 Å². The third-order valence-corrected chi connectivity index (χ3v) is 6.25. The maximum absolute atomic E-state index is 13.5. The third kappa shape index (κ3) is 5.79. The van der Waals surface area contributed by atoms with Crippen molar-refractivity contribution in [2.75, 3.05) is 45.9 Å². The molecule has 0 aromatic heterocycles. The van der Waals surface area contributed by atoms with Gasteiger partial charge >= 0.3 is 0 Å². The number of carbonyl (C=O) groups is 1. The zero-order chi connectivity index (χ0) is 18.9. The van der Waals surface area contributed by atoms with Crippen LogP contribution in [0.3, 0.4) is 0 Å². The van der Waals surface area contributed by atoms with Gasteiger partial charge in [-0.25, -0.2) is 0 Å². The van der Waals surface area contributed by atoms with Crippen LogP contribution in [0.5, 0.6) is 0 Å². The molecule has 27 heavy (non-hydrogen) atoms. The highest BCUT2D eigenvalue weighted by atomic mass is 16.5. The molecule has 1 aliphatic heterocycles. The first-order chi connectivity index (χ1) is 13.3. The summed E-state index contributed by atoms with van der Waals surface area (Å²) in [6.45, 7) is 8.58. The summed E-state index contributed by atoms with van der Waals surface area (Å²) < 4.78 is 5.43. The maximum atomic E-state index is 13.5. The number of hydrogen-bond donors (Lipinski definition) is 0. The van der Waals surface area contributed by atoms with E-state index < -0.39 is 0 Å². The van der Waals surface area contributed by atoms with Gasteiger partial charge < -0.3 is 9.64 Å². The molecular formula is C23H36N2O2. The van der Waals surface area contributed by atoms with Crippen LogP contribution in [0.25, 0.3) is 0 Å². The SMILES string of the molecule is CCN(CCCN1CCOCC1)C(=O)C(c1ccccc1)C1CCCCC1. The van der Waals surface area contributed by atoms with Gasteiger partial charge in [-0.2, -0.15) is 0 Å². The van der Waals surface area contributed by atoms with Crippen molar-refractivity contribution in [3.8, 4) is 0 Å². The largest absolute Gasteiger partial charge is 0.379 e. The number of likely N-dealkylation sites (N-methyl/N-ethyl adjacent to an activating group) is 1. The zero-order valence-electron chi connectivity index (χ0n) is 16.9. The van der Waals surface area contributed by atoms with Crippen molar-refractivity contribution >= 4 is 5.91 Å². The Morgan fingerprint density at radius 2 is 1.85 bits per heavy atom.